The van der Waals surface area contributed by atoms with Gasteiger partial charge in [-0.25, -0.2) is 9.97 Å². The second kappa shape index (κ2) is 3.78. The summed E-state index contributed by atoms with van der Waals surface area (Å²) in [5.74, 6) is 1.60. The topological polar surface area (TPSA) is 41.6 Å². The molecule has 0 bridgehead atoms. The fourth-order valence-electron chi connectivity index (χ4n) is 1.73. The first-order valence-electron chi connectivity index (χ1n) is 5.15. The number of hydrogen-bond acceptors (Lipinski definition) is 2. The van der Waals surface area contributed by atoms with Crippen LogP contribution in [0.2, 0.25) is 0 Å². The van der Waals surface area contributed by atoms with Crippen molar-refractivity contribution in [2.45, 2.75) is 32.6 Å². The van der Waals surface area contributed by atoms with Crippen molar-refractivity contribution in [1.29, 1.82) is 0 Å². The summed E-state index contributed by atoms with van der Waals surface area (Å²) in [6.45, 7) is 4.38. The number of pyridine rings is 1. The lowest BCUT2D eigenvalue weighted by Crippen LogP contribution is -1.97. The second-order valence-corrected chi connectivity index (χ2v) is 3.51. The summed E-state index contributed by atoms with van der Waals surface area (Å²) in [7, 11) is 0. The average molecular weight is 189 g/mol. The monoisotopic (exact) mass is 189 g/mol. The van der Waals surface area contributed by atoms with Crippen LogP contribution < -0.4 is 0 Å². The first-order chi connectivity index (χ1) is 6.85. The highest BCUT2D eigenvalue weighted by atomic mass is 15.0. The summed E-state index contributed by atoms with van der Waals surface area (Å²) in [4.78, 5) is 12.0. The van der Waals surface area contributed by atoms with Crippen molar-refractivity contribution in [2.24, 2.45) is 0 Å². The number of rotatable bonds is 3. The molecule has 3 heteroatoms. The van der Waals surface area contributed by atoms with E-state index in [0.717, 1.165) is 29.8 Å². The molecule has 2 rings (SSSR count). The average Bonchev–Trinajstić information content (AvgIpc) is 2.63. The van der Waals surface area contributed by atoms with E-state index in [9.17, 15) is 0 Å². The van der Waals surface area contributed by atoms with E-state index < -0.39 is 0 Å². The van der Waals surface area contributed by atoms with E-state index in [1.54, 1.807) is 6.20 Å². The molecular formula is C11H15N3. The molecule has 0 aromatic carbocycles. The maximum Gasteiger partial charge on any atom is 0.177 e. The zero-order valence-corrected chi connectivity index (χ0v) is 8.62. The van der Waals surface area contributed by atoms with Crippen LogP contribution >= 0.6 is 0 Å². The molecule has 0 saturated heterocycles. The third-order valence-electron chi connectivity index (χ3n) is 2.65. The van der Waals surface area contributed by atoms with Crippen LogP contribution in [0.1, 0.15) is 38.4 Å². The molecule has 0 radical (unpaired) electrons. The SMILES string of the molecule is CCC(CC)c1nc2ncccc2[nH]1. The fourth-order valence-corrected chi connectivity index (χ4v) is 1.73. The molecule has 3 nitrogen and oxygen atoms in total. The normalized spacial score (nSPS) is 11.4. The predicted molar refractivity (Wildman–Crippen MR) is 57.2 cm³/mol. The number of aromatic nitrogens is 3. The Morgan fingerprint density at radius 3 is 2.79 bits per heavy atom. The van der Waals surface area contributed by atoms with E-state index >= 15 is 0 Å². The zero-order chi connectivity index (χ0) is 9.97. The number of nitrogens with zero attached hydrogens (tertiary/aromatic N) is 2. The Morgan fingerprint density at radius 2 is 2.14 bits per heavy atom. The molecule has 0 saturated carbocycles. The molecule has 1 N–H and O–H groups in total. The number of H-pyrrole nitrogens is 1. The minimum absolute atomic E-state index is 0.532. The lowest BCUT2D eigenvalue weighted by atomic mass is 10.0. The molecule has 0 aliphatic heterocycles. The van der Waals surface area contributed by atoms with Gasteiger partial charge in [0.25, 0.3) is 0 Å². The van der Waals surface area contributed by atoms with Crippen molar-refractivity contribution in [2.75, 3.05) is 0 Å². The standard InChI is InChI=1S/C11H15N3/c1-3-8(4-2)10-13-9-6-5-7-12-11(9)14-10/h5-8H,3-4H2,1-2H3,(H,12,13,14). The molecule has 0 amide bonds. The van der Waals surface area contributed by atoms with Crippen LogP contribution in [0.15, 0.2) is 18.3 Å². The Kier molecular flexibility index (Phi) is 2.48. The third-order valence-corrected chi connectivity index (χ3v) is 2.65. The van der Waals surface area contributed by atoms with Crippen LogP contribution in [0.4, 0.5) is 0 Å². The Hall–Kier alpha value is -1.38. The molecule has 2 aromatic rings. The van der Waals surface area contributed by atoms with Crippen LogP contribution in [-0.4, -0.2) is 15.0 Å². The summed E-state index contributed by atoms with van der Waals surface area (Å²) in [5, 5.41) is 0. The smallest absolute Gasteiger partial charge is 0.177 e. The summed E-state index contributed by atoms with van der Waals surface area (Å²) in [6, 6.07) is 3.94. The van der Waals surface area contributed by atoms with Gasteiger partial charge in [0.15, 0.2) is 5.65 Å². The molecule has 0 atom stereocenters. The van der Waals surface area contributed by atoms with Crippen molar-refractivity contribution < 1.29 is 0 Å². The summed E-state index contributed by atoms with van der Waals surface area (Å²) >= 11 is 0. The Labute approximate surface area is 83.6 Å². The molecule has 0 spiro atoms. The Morgan fingerprint density at radius 1 is 1.36 bits per heavy atom. The molecular weight excluding hydrogens is 174 g/mol. The fraction of sp³-hybridized carbons (Fsp3) is 0.455. The van der Waals surface area contributed by atoms with Crippen LogP contribution in [0.3, 0.4) is 0 Å². The predicted octanol–water partition coefficient (Wildman–Crippen LogP) is 2.86. The highest BCUT2D eigenvalue weighted by molar-refractivity contribution is 5.69. The minimum atomic E-state index is 0.532. The molecule has 2 aromatic heterocycles. The molecule has 0 fully saturated rings. The lowest BCUT2D eigenvalue weighted by Gasteiger charge is -2.06. The van der Waals surface area contributed by atoms with E-state index in [2.05, 4.69) is 28.8 Å². The van der Waals surface area contributed by atoms with Gasteiger partial charge in [0.05, 0.1) is 5.52 Å². The first-order valence-corrected chi connectivity index (χ1v) is 5.15. The quantitative estimate of drug-likeness (QED) is 0.806. The van der Waals surface area contributed by atoms with Crippen LogP contribution in [0.25, 0.3) is 11.2 Å². The van der Waals surface area contributed by atoms with Gasteiger partial charge in [0, 0.05) is 12.1 Å². The number of nitrogens with one attached hydrogen (secondary N) is 1. The van der Waals surface area contributed by atoms with Gasteiger partial charge in [0.2, 0.25) is 0 Å². The molecule has 74 valence electrons. The van der Waals surface area contributed by atoms with E-state index in [-0.39, 0.29) is 0 Å². The van der Waals surface area contributed by atoms with E-state index in [4.69, 9.17) is 0 Å². The first kappa shape index (κ1) is 9.19. The second-order valence-electron chi connectivity index (χ2n) is 3.51. The Balaban J connectivity index is 2.43. The molecule has 2 heterocycles. The summed E-state index contributed by atoms with van der Waals surface area (Å²) in [6.07, 6.45) is 4.02. The summed E-state index contributed by atoms with van der Waals surface area (Å²) < 4.78 is 0. The molecule has 0 aliphatic rings. The van der Waals surface area contributed by atoms with Crippen molar-refractivity contribution in [1.82, 2.24) is 15.0 Å². The molecule has 0 aliphatic carbocycles. The van der Waals surface area contributed by atoms with Gasteiger partial charge >= 0.3 is 0 Å². The van der Waals surface area contributed by atoms with Crippen molar-refractivity contribution in [3.05, 3.63) is 24.2 Å². The minimum Gasteiger partial charge on any atom is -0.340 e. The van der Waals surface area contributed by atoms with Gasteiger partial charge in [0.1, 0.15) is 5.82 Å². The lowest BCUT2D eigenvalue weighted by molar-refractivity contribution is 0.611. The largest absolute Gasteiger partial charge is 0.340 e. The van der Waals surface area contributed by atoms with Gasteiger partial charge in [-0.15, -0.1) is 0 Å². The number of aromatic amines is 1. The molecule has 14 heavy (non-hydrogen) atoms. The number of fused-ring (bicyclic) bond motifs is 1. The third kappa shape index (κ3) is 1.50. The number of imidazole rings is 1. The van der Waals surface area contributed by atoms with Crippen LogP contribution in [0.5, 0.6) is 0 Å². The Bertz CT molecular complexity index is 382. The zero-order valence-electron chi connectivity index (χ0n) is 8.62. The van der Waals surface area contributed by atoms with Gasteiger partial charge in [-0.2, -0.15) is 0 Å². The highest BCUT2D eigenvalue weighted by Crippen LogP contribution is 2.21. The van der Waals surface area contributed by atoms with Crippen molar-refractivity contribution >= 4 is 11.2 Å². The van der Waals surface area contributed by atoms with E-state index in [1.807, 2.05) is 12.1 Å². The molecule has 0 unspecified atom stereocenters. The maximum absolute atomic E-state index is 4.49. The van der Waals surface area contributed by atoms with Gasteiger partial charge in [-0.1, -0.05) is 13.8 Å². The van der Waals surface area contributed by atoms with Gasteiger partial charge in [-0.05, 0) is 25.0 Å². The maximum atomic E-state index is 4.49. The van der Waals surface area contributed by atoms with Gasteiger partial charge < -0.3 is 4.98 Å². The van der Waals surface area contributed by atoms with Crippen LogP contribution in [0, 0.1) is 0 Å². The van der Waals surface area contributed by atoms with Gasteiger partial charge in [-0.3, -0.25) is 0 Å². The van der Waals surface area contributed by atoms with Crippen molar-refractivity contribution in [3.8, 4) is 0 Å². The number of hydrogen-bond donors (Lipinski definition) is 1. The van der Waals surface area contributed by atoms with E-state index in [1.165, 1.54) is 0 Å². The highest BCUT2D eigenvalue weighted by Gasteiger charge is 2.11. The van der Waals surface area contributed by atoms with E-state index in [0.29, 0.717) is 5.92 Å². The summed E-state index contributed by atoms with van der Waals surface area (Å²) in [5.41, 5.74) is 1.86. The van der Waals surface area contributed by atoms with Crippen molar-refractivity contribution in [3.63, 3.8) is 0 Å². The van der Waals surface area contributed by atoms with Crippen LogP contribution in [-0.2, 0) is 0 Å².